The number of amides is 3. The number of nitrogens with one attached hydrogen (secondary N) is 2. The Morgan fingerprint density at radius 1 is 1.15 bits per heavy atom. The number of aliphatic carboxylic acids is 2. The van der Waals surface area contributed by atoms with E-state index in [-0.39, 0.29) is 36.3 Å². The van der Waals surface area contributed by atoms with E-state index < -0.39 is 53.7 Å². The highest BCUT2D eigenvalue weighted by molar-refractivity contribution is 8.00. The number of aliphatic hydroxyl groups excluding tert-OH is 1. The van der Waals surface area contributed by atoms with Gasteiger partial charge < -0.3 is 26.0 Å². The van der Waals surface area contributed by atoms with Gasteiger partial charge in [-0.2, -0.15) is 0 Å². The second kappa shape index (κ2) is 10.5. The second-order valence-electron chi connectivity index (χ2n) is 7.49. The fourth-order valence-electron chi connectivity index (χ4n) is 3.61. The summed E-state index contributed by atoms with van der Waals surface area (Å²) in [7, 11) is 0. The molecule has 0 saturated carbocycles. The van der Waals surface area contributed by atoms with E-state index >= 15 is 0 Å². The third-order valence-corrected chi connectivity index (χ3v) is 6.63. The largest absolute Gasteiger partial charge is 0.480 e. The first-order valence-electron chi connectivity index (χ1n) is 10.1. The summed E-state index contributed by atoms with van der Waals surface area (Å²) in [6.45, 7) is -0.478. The highest BCUT2D eigenvalue weighted by Gasteiger charge is 2.54. The van der Waals surface area contributed by atoms with Crippen LogP contribution in [0.25, 0.3) is 0 Å². The van der Waals surface area contributed by atoms with Crippen LogP contribution in [0.1, 0.15) is 29.6 Å². The molecule has 0 aliphatic carbocycles. The molecule has 0 unspecified atom stereocenters. The standard InChI is InChI=1S/C21H23N3O8S/c25-9-12-10-33-19-15(18(28)24(19)16(12)21(31)32)23-14(26)8-4-7-13(20(29)30)22-17(27)11-5-2-1-3-6-11/h1-3,5-6,13,15,19,25H,4,7-10H2,(H,22,27)(H,23,26)(H,29,30)(H,31,32)/t13-,15-,19-/m1/s1. The smallest absolute Gasteiger partial charge is 0.352 e. The van der Waals surface area contributed by atoms with Crippen molar-refractivity contribution < 1.29 is 39.3 Å². The zero-order chi connectivity index (χ0) is 24.1. The van der Waals surface area contributed by atoms with E-state index in [1.807, 2.05) is 0 Å². The minimum atomic E-state index is -1.32. The van der Waals surface area contributed by atoms with E-state index in [0.29, 0.717) is 5.56 Å². The van der Waals surface area contributed by atoms with Crippen LogP contribution in [0.5, 0.6) is 0 Å². The van der Waals surface area contributed by atoms with Crippen LogP contribution < -0.4 is 10.6 Å². The zero-order valence-corrected chi connectivity index (χ0v) is 18.2. The summed E-state index contributed by atoms with van der Waals surface area (Å²) in [6, 6.07) is 6.07. The Morgan fingerprint density at radius 3 is 2.45 bits per heavy atom. The lowest BCUT2D eigenvalue weighted by Gasteiger charge is -2.49. The minimum Gasteiger partial charge on any atom is -0.480 e. The van der Waals surface area contributed by atoms with Gasteiger partial charge in [0.15, 0.2) is 0 Å². The summed E-state index contributed by atoms with van der Waals surface area (Å²) in [5, 5.41) is 32.5. The number of carboxylic acid groups (broad SMARTS) is 2. The van der Waals surface area contributed by atoms with Crippen LogP contribution in [-0.2, 0) is 19.2 Å². The first-order chi connectivity index (χ1) is 15.7. The number of aliphatic hydroxyl groups is 1. The summed E-state index contributed by atoms with van der Waals surface area (Å²) >= 11 is 1.24. The molecular weight excluding hydrogens is 454 g/mol. The second-order valence-corrected chi connectivity index (χ2v) is 8.60. The molecule has 5 N–H and O–H groups in total. The van der Waals surface area contributed by atoms with Crippen molar-refractivity contribution in [3.8, 4) is 0 Å². The lowest BCUT2D eigenvalue weighted by Crippen LogP contribution is -2.70. The molecule has 1 aromatic rings. The maximum Gasteiger partial charge on any atom is 0.352 e. The molecular formula is C21H23N3O8S. The first-order valence-corrected chi connectivity index (χ1v) is 11.2. The SMILES string of the molecule is O=C(CCC[C@@H](NC(=O)c1ccccc1)C(=O)O)N[C@@H]1C(=O)N2C(C(=O)O)=C(CO)CS[C@H]12. The maximum absolute atomic E-state index is 12.4. The van der Waals surface area contributed by atoms with Crippen molar-refractivity contribution in [2.75, 3.05) is 12.4 Å². The lowest BCUT2D eigenvalue weighted by atomic mass is 10.0. The van der Waals surface area contributed by atoms with E-state index in [9.17, 15) is 39.3 Å². The topological polar surface area (TPSA) is 173 Å². The molecule has 2 heterocycles. The number of β-lactam (4-membered cyclic amide) rings is 1. The molecule has 2 aliphatic rings. The summed E-state index contributed by atoms with van der Waals surface area (Å²) in [4.78, 5) is 60.9. The lowest BCUT2D eigenvalue weighted by molar-refractivity contribution is -0.150. The van der Waals surface area contributed by atoms with Gasteiger partial charge in [-0.15, -0.1) is 11.8 Å². The van der Waals surface area contributed by atoms with E-state index in [1.54, 1.807) is 30.3 Å². The molecule has 3 rings (SSSR count). The Bertz CT molecular complexity index is 996. The number of benzene rings is 1. The molecule has 0 radical (unpaired) electrons. The van der Waals surface area contributed by atoms with Crippen LogP contribution in [0.4, 0.5) is 0 Å². The normalized spacial score (nSPS) is 20.4. The van der Waals surface area contributed by atoms with Crippen molar-refractivity contribution in [2.45, 2.75) is 36.7 Å². The molecule has 1 saturated heterocycles. The molecule has 33 heavy (non-hydrogen) atoms. The van der Waals surface area contributed by atoms with E-state index in [2.05, 4.69) is 10.6 Å². The monoisotopic (exact) mass is 477 g/mol. The Morgan fingerprint density at radius 2 is 1.85 bits per heavy atom. The van der Waals surface area contributed by atoms with Gasteiger partial charge in [0.25, 0.3) is 11.8 Å². The summed E-state index contributed by atoms with van der Waals surface area (Å²) in [6.07, 6.45) is 0.0842. The summed E-state index contributed by atoms with van der Waals surface area (Å²) in [5.74, 6) is -3.93. The fraction of sp³-hybridized carbons (Fsp3) is 0.381. The molecule has 3 amide bonds. The maximum atomic E-state index is 12.4. The average Bonchev–Trinajstić information content (AvgIpc) is 2.80. The van der Waals surface area contributed by atoms with Crippen molar-refractivity contribution in [1.29, 1.82) is 0 Å². The summed E-state index contributed by atoms with van der Waals surface area (Å²) < 4.78 is 0. The predicted molar refractivity (Wildman–Crippen MR) is 116 cm³/mol. The van der Waals surface area contributed by atoms with Crippen LogP contribution >= 0.6 is 11.8 Å². The van der Waals surface area contributed by atoms with Gasteiger partial charge >= 0.3 is 11.9 Å². The molecule has 2 aliphatic heterocycles. The predicted octanol–water partition coefficient (Wildman–Crippen LogP) is -0.229. The first kappa shape index (κ1) is 24.3. The molecule has 11 nitrogen and oxygen atoms in total. The van der Waals surface area contributed by atoms with Gasteiger partial charge in [-0.1, -0.05) is 18.2 Å². The molecule has 12 heteroatoms. The number of nitrogens with zero attached hydrogens (tertiary/aromatic N) is 1. The minimum absolute atomic E-state index is 0.00992. The van der Waals surface area contributed by atoms with Crippen molar-refractivity contribution >= 4 is 41.4 Å². The van der Waals surface area contributed by atoms with E-state index in [0.717, 1.165) is 4.90 Å². The molecule has 1 fully saturated rings. The van der Waals surface area contributed by atoms with Gasteiger partial charge in [0, 0.05) is 17.7 Å². The number of carboxylic acids is 2. The Labute approximate surface area is 192 Å². The van der Waals surface area contributed by atoms with Gasteiger partial charge in [0.1, 0.15) is 23.2 Å². The highest BCUT2D eigenvalue weighted by Crippen LogP contribution is 2.40. The molecule has 1 aromatic carbocycles. The quantitative estimate of drug-likeness (QED) is 0.285. The number of thioether (sulfide) groups is 1. The van der Waals surface area contributed by atoms with Gasteiger partial charge in [0.2, 0.25) is 5.91 Å². The Hall–Kier alpha value is -3.38. The molecule has 176 valence electrons. The summed E-state index contributed by atoms with van der Waals surface area (Å²) in [5.41, 5.74) is 0.299. The van der Waals surface area contributed by atoms with E-state index in [1.165, 1.54) is 11.8 Å². The molecule has 3 atom stereocenters. The number of carbonyl (C=O) groups excluding carboxylic acids is 3. The third-order valence-electron chi connectivity index (χ3n) is 5.29. The van der Waals surface area contributed by atoms with Crippen LogP contribution in [-0.4, -0.2) is 79.7 Å². The molecule has 0 bridgehead atoms. The number of fused-ring (bicyclic) bond motifs is 1. The Balaban J connectivity index is 1.50. The van der Waals surface area contributed by atoms with Crippen molar-refractivity contribution in [3.63, 3.8) is 0 Å². The fourth-order valence-corrected chi connectivity index (χ4v) is 4.94. The average molecular weight is 477 g/mol. The van der Waals surface area contributed by atoms with Crippen molar-refractivity contribution in [1.82, 2.24) is 15.5 Å². The number of hydrogen-bond acceptors (Lipinski definition) is 7. The van der Waals surface area contributed by atoms with Gasteiger partial charge in [0.05, 0.1) is 6.61 Å². The van der Waals surface area contributed by atoms with Crippen molar-refractivity contribution in [2.24, 2.45) is 0 Å². The van der Waals surface area contributed by atoms with Crippen LogP contribution in [0, 0.1) is 0 Å². The van der Waals surface area contributed by atoms with Crippen LogP contribution in [0.3, 0.4) is 0 Å². The van der Waals surface area contributed by atoms with Gasteiger partial charge in [-0.25, -0.2) is 9.59 Å². The number of carbonyl (C=O) groups is 5. The van der Waals surface area contributed by atoms with Crippen LogP contribution in [0.2, 0.25) is 0 Å². The number of hydrogen-bond donors (Lipinski definition) is 5. The van der Waals surface area contributed by atoms with E-state index in [4.69, 9.17) is 0 Å². The Kier molecular flexibility index (Phi) is 7.71. The number of rotatable bonds is 10. The van der Waals surface area contributed by atoms with Crippen molar-refractivity contribution in [3.05, 3.63) is 47.2 Å². The van der Waals surface area contributed by atoms with Gasteiger partial charge in [-0.05, 0) is 30.5 Å². The molecule has 0 aromatic heterocycles. The third kappa shape index (κ3) is 5.34. The highest BCUT2D eigenvalue weighted by atomic mass is 32.2. The van der Waals surface area contributed by atoms with Crippen LogP contribution in [0.15, 0.2) is 41.6 Å². The zero-order valence-electron chi connectivity index (χ0n) is 17.4. The molecule has 0 spiro atoms. The van der Waals surface area contributed by atoms with Gasteiger partial charge in [-0.3, -0.25) is 19.3 Å².